The predicted octanol–water partition coefficient (Wildman–Crippen LogP) is 5.42. The molecule has 32 heavy (non-hydrogen) atoms. The van der Waals surface area contributed by atoms with Crippen molar-refractivity contribution in [3.63, 3.8) is 0 Å². The molecule has 3 heteroatoms. The van der Waals surface area contributed by atoms with Gasteiger partial charge in [0, 0.05) is 11.8 Å². The van der Waals surface area contributed by atoms with Gasteiger partial charge in [-0.2, -0.15) is 0 Å². The van der Waals surface area contributed by atoms with Crippen LogP contribution in [0.15, 0.2) is 103 Å². The number of imide groups is 1. The molecule has 3 aliphatic rings. The van der Waals surface area contributed by atoms with Crippen molar-refractivity contribution < 1.29 is 9.59 Å². The second-order valence-corrected chi connectivity index (χ2v) is 8.90. The number of fused-ring (bicyclic) bond motifs is 5. The van der Waals surface area contributed by atoms with Crippen LogP contribution in [0, 0.1) is 30.6 Å². The zero-order chi connectivity index (χ0) is 21.8. The van der Waals surface area contributed by atoms with Crippen molar-refractivity contribution in [3.05, 3.63) is 119 Å². The lowest BCUT2D eigenvalue weighted by molar-refractivity contribution is -0.122. The Labute approximate surface area is 187 Å². The molecule has 0 unspecified atom stereocenters. The number of amides is 2. The minimum absolute atomic E-state index is 0.0494. The maximum atomic E-state index is 13.6. The summed E-state index contributed by atoms with van der Waals surface area (Å²) in [5.74, 6) is -0.884. The SMILES string of the molecule is Cc1cccc(N2C(=O)[C@@H]3[C@H](C2=O)[C@H]2C=C[C@H]3C2=C(c2ccccc2)c2ccccc2)c1. The molecular weight excluding hydrogens is 394 g/mol. The number of carbonyl (C=O) groups excluding carboxylic acids is 2. The van der Waals surface area contributed by atoms with Crippen LogP contribution < -0.4 is 4.90 Å². The van der Waals surface area contributed by atoms with Crippen molar-refractivity contribution in [1.82, 2.24) is 0 Å². The molecule has 2 amide bonds. The fourth-order valence-corrected chi connectivity index (χ4v) is 5.83. The molecule has 6 rings (SSSR count). The molecule has 156 valence electrons. The summed E-state index contributed by atoms with van der Waals surface area (Å²) < 4.78 is 0. The van der Waals surface area contributed by atoms with E-state index in [-0.39, 0.29) is 35.5 Å². The van der Waals surface area contributed by atoms with Gasteiger partial charge in [0.05, 0.1) is 17.5 Å². The van der Waals surface area contributed by atoms with Gasteiger partial charge < -0.3 is 0 Å². The number of hydrogen-bond acceptors (Lipinski definition) is 2. The summed E-state index contributed by atoms with van der Waals surface area (Å²) in [5, 5.41) is 0. The van der Waals surface area contributed by atoms with Gasteiger partial charge in [0.1, 0.15) is 0 Å². The first-order valence-corrected chi connectivity index (χ1v) is 11.1. The summed E-state index contributed by atoms with van der Waals surface area (Å²) in [5.41, 5.74) is 6.35. The molecule has 4 atom stereocenters. The van der Waals surface area contributed by atoms with Gasteiger partial charge in [-0.25, -0.2) is 4.90 Å². The number of nitrogens with zero attached hydrogens (tertiary/aromatic N) is 1. The van der Waals surface area contributed by atoms with Crippen LogP contribution in [0.1, 0.15) is 16.7 Å². The van der Waals surface area contributed by atoms with Crippen LogP contribution >= 0.6 is 0 Å². The van der Waals surface area contributed by atoms with E-state index >= 15 is 0 Å². The van der Waals surface area contributed by atoms with Gasteiger partial charge in [-0.15, -0.1) is 0 Å². The van der Waals surface area contributed by atoms with Crippen molar-refractivity contribution in [2.24, 2.45) is 23.7 Å². The molecule has 2 bridgehead atoms. The highest BCUT2D eigenvalue weighted by molar-refractivity contribution is 6.23. The predicted molar refractivity (Wildman–Crippen MR) is 126 cm³/mol. The minimum atomic E-state index is -0.324. The van der Waals surface area contributed by atoms with Gasteiger partial charge in [0.15, 0.2) is 0 Å². The Kier molecular flexibility index (Phi) is 4.25. The van der Waals surface area contributed by atoms with Crippen LogP contribution in [-0.4, -0.2) is 11.8 Å². The average molecular weight is 418 g/mol. The third-order valence-corrected chi connectivity index (χ3v) is 7.09. The summed E-state index contributed by atoms with van der Waals surface area (Å²) in [6.45, 7) is 1.98. The zero-order valence-electron chi connectivity index (χ0n) is 17.8. The van der Waals surface area contributed by atoms with Crippen LogP contribution in [0.3, 0.4) is 0 Å². The maximum Gasteiger partial charge on any atom is 0.238 e. The highest BCUT2D eigenvalue weighted by Gasteiger charge is 2.62. The van der Waals surface area contributed by atoms with Gasteiger partial charge in [-0.1, -0.05) is 84.9 Å². The van der Waals surface area contributed by atoms with Gasteiger partial charge in [0.25, 0.3) is 0 Å². The summed E-state index contributed by atoms with van der Waals surface area (Å²) in [4.78, 5) is 28.6. The van der Waals surface area contributed by atoms with E-state index in [0.29, 0.717) is 5.69 Å². The number of carbonyl (C=O) groups is 2. The lowest BCUT2D eigenvalue weighted by Crippen LogP contribution is -2.33. The Morgan fingerprint density at radius 2 is 1.22 bits per heavy atom. The molecule has 0 radical (unpaired) electrons. The van der Waals surface area contributed by atoms with Crippen LogP contribution in [0.2, 0.25) is 0 Å². The Bertz CT molecular complexity index is 1210. The molecule has 0 spiro atoms. The van der Waals surface area contributed by atoms with E-state index in [1.165, 1.54) is 10.5 Å². The molecule has 3 nitrogen and oxygen atoms in total. The third-order valence-electron chi connectivity index (χ3n) is 7.09. The first-order chi connectivity index (χ1) is 15.6. The number of hydrogen-bond donors (Lipinski definition) is 0. The van der Waals surface area contributed by atoms with Gasteiger partial charge in [-0.3, -0.25) is 9.59 Å². The van der Waals surface area contributed by atoms with E-state index in [2.05, 4.69) is 36.4 Å². The molecule has 2 aliphatic carbocycles. The van der Waals surface area contributed by atoms with Crippen molar-refractivity contribution in [2.45, 2.75) is 6.92 Å². The molecule has 0 aromatic heterocycles. The normalized spacial score (nSPS) is 25.5. The minimum Gasteiger partial charge on any atom is -0.274 e. The lowest BCUT2D eigenvalue weighted by atomic mass is 9.85. The Balaban J connectivity index is 1.49. The largest absolute Gasteiger partial charge is 0.274 e. The Morgan fingerprint density at radius 1 is 0.688 bits per heavy atom. The highest BCUT2D eigenvalue weighted by atomic mass is 16.2. The van der Waals surface area contributed by atoms with E-state index in [1.807, 2.05) is 67.6 Å². The first kappa shape index (κ1) is 19.0. The van der Waals surface area contributed by atoms with Crippen LogP contribution in [0.25, 0.3) is 5.57 Å². The van der Waals surface area contributed by atoms with E-state index in [9.17, 15) is 9.59 Å². The molecule has 1 heterocycles. The van der Waals surface area contributed by atoms with E-state index < -0.39 is 0 Å². The fourth-order valence-electron chi connectivity index (χ4n) is 5.83. The Hall–Kier alpha value is -3.72. The molecule has 2 fully saturated rings. The van der Waals surface area contributed by atoms with Gasteiger partial charge in [-0.05, 0) is 46.9 Å². The number of aryl methyl sites for hydroxylation is 1. The maximum absolute atomic E-state index is 13.6. The summed E-state index contributed by atoms with van der Waals surface area (Å²) in [7, 11) is 0. The zero-order valence-corrected chi connectivity index (χ0v) is 17.8. The second-order valence-electron chi connectivity index (χ2n) is 8.90. The van der Waals surface area contributed by atoms with E-state index in [4.69, 9.17) is 0 Å². The molecule has 1 saturated carbocycles. The molecule has 0 N–H and O–H groups in total. The third kappa shape index (κ3) is 2.67. The first-order valence-electron chi connectivity index (χ1n) is 11.1. The van der Waals surface area contributed by atoms with Crippen LogP contribution in [-0.2, 0) is 9.59 Å². The molecule has 3 aromatic carbocycles. The average Bonchev–Trinajstić information content (AvgIpc) is 3.45. The highest BCUT2D eigenvalue weighted by Crippen LogP contribution is 2.58. The van der Waals surface area contributed by atoms with Gasteiger partial charge in [0.2, 0.25) is 11.8 Å². The summed E-state index contributed by atoms with van der Waals surface area (Å²) in [6, 6.07) is 28.3. The Morgan fingerprint density at radius 3 is 1.72 bits per heavy atom. The molecule has 1 aliphatic heterocycles. The fraction of sp³-hybridized carbons (Fsp3) is 0.172. The van der Waals surface area contributed by atoms with E-state index in [1.54, 1.807) is 0 Å². The van der Waals surface area contributed by atoms with Crippen molar-refractivity contribution in [2.75, 3.05) is 4.90 Å². The van der Waals surface area contributed by atoms with Crippen molar-refractivity contribution >= 4 is 23.1 Å². The summed E-state index contributed by atoms with van der Waals surface area (Å²) in [6.07, 6.45) is 4.30. The molecule has 1 saturated heterocycles. The number of rotatable bonds is 3. The van der Waals surface area contributed by atoms with E-state index in [0.717, 1.165) is 22.3 Å². The van der Waals surface area contributed by atoms with Gasteiger partial charge >= 0.3 is 0 Å². The topological polar surface area (TPSA) is 37.4 Å². The van der Waals surface area contributed by atoms with Crippen LogP contribution in [0.4, 0.5) is 5.69 Å². The number of benzene rings is 3. The standard InChI is InChI=1S/C29H23NO2/c1-18-9-8-14-21(17-18)30-28(31)26-22-15-16-23(27(26)29(30)32)25(22)24(19-10-4-2-5-11-19)20-12-6-3-7-13-20/h2-17,22-23,26-27H,1H3/t22-,23-,26-,27+/m0/s1. The van der Waals surface area contributed by atoms with Crippen LogP contribution in [0.5, 0.6) is 0 Å². The second kappa shape index (κ2) is 7.16. The number of allylic oxidation sites excluding steroid dienone is 3. The van der Waals surface area contributed by atoms with Crippen molar-refractivity contribution in [3.8, 4) is 0 Å². The lowest BCUT2D eigenvalue weighted by Gasteiger charge is -2.21. The number of anilines is 1. The molecule has 3 aromatic rings. The van der Waals surface area contributed by atoms with Crippen molar-refractivity contribution in [1.29, 1.82) is 0 Å². The monoisotopic (exact) mass is 417 g/mol. The summed E-state index contributed by atoms with van der Waals surface area (Å²) >= 11 is 0. The molecular formula is C29H23NO2. The quantitative estimate of drug-likeness (QED) is 0.422. The smallest absolute Gasteiger partial charge is 0.238 e.